The first-order valence-corrected chi connectivity index (χ1v) is 5.07. The minimum Gasteiger partial charge on any atom is -0.508 e. The molecule has 1 aromatic heterocycles. The number of aryl methyl sites for hydroxylation is 1. The van der Waals surface area contributed by atoms with Gasteiger partial charge in [0.05, 0.1) is 6.54 Å². The van der Waals surface area contributed by atoms with E-state index in [0.29, 0.717) is 17.9 Å². The van der Waals surface area contributed by atoms with Gasteiger partial charge in [0.15, 0.2) is 5.82 Å². The Morgan fingerprint density at radius 1 is 1.41 bits per heavy atom. The molecule has 0 bridgehead atoms. The summed E-state index contributed by atoms with van der Waals surface area (Å²) in [5.74, 6) is 0.597. The van der Waals surface area contributed by atoms with Gasteiger partial charge in [-0.05, 0) is 24.3 Å². The van der Waals surface area contributed by atoms with Crippen LogP contribution >= 0.6 is 0 Å². The fourth-order valence-electron chi connectivity index (χ4n) is 1.34. The lowest BCUT2D eigenvalue weighted by Gasteiger charge is -2.04. The summed E-state index contributed by atoms with van der Waals surface area (Å²) in [5.41, 5.74) is 0.491. The predicted octanol–water partition coefficient (Wildman–Crippen LogP) is 0.451. The minimum atomic E-state index is -0.215. The molecule has 0 radical (unpaired) electrons. The van der Waals surface area contributed by atoms with E-state index in [1.54, 1.807) is 23.0 Å². The van der Waals surface area contributed by atoms with Crippen LogP contribution in [0.3, 0.4) is 0 Å². The van der Waals surface area contributed by atoms with Gasteiger partial charge in [-0.15, -0.1) is 10.2 Å². The molecule has 0 aliphatic rings. The summed E-state index contributed by atoms with van der Waals surface area (Å²) in [6, 6.07) is 6.05. The minimum absolute atomic E-state index is 0.134. The molecule has 2 aromatic rings. The van der Waals surface area contributed by atoms with Crippen molar-refractivity contribution < 1.29 is 9.90 Å². The molecule has 1 aromatic carbocycles. The molecule has 6 heteroatoms. The first kappa shape index (κ1) is 11.1. The molecule has 0 atom stereocenters. The van der Waals surface area contributed by atoms with E-state index in [4.69, 9.17) is 5.11 Å². The van der Waals surface area contributed by atoms with Gasteiger partial charge >= 0.3 is 0 Å². The summed E-state index contributed by atoms with van der Waals surface area (Å²) in [7, 11) is 1.81. The molecule has 0 spiro atoms. The largest absolute Gasteiger partial charge is 0.508 e. The second-order valence-electron chi connectivity index (χ2n) is 3.59. The van der Waals surface area contributed by atoms with Crippen molar-refractivity contribution in [2.45, 2.75) is 6.54 Å². The van der Waals surface area contributed by atoms with E-state index in [-0.39, 0.29) is 11.7 Å². The number of hydrogen-bond donors (Lipinski definition) is 2. The lowest BCUT2D eigenvalue weighted by atomic mass is 10.2. The highest BCUT2D eigenvalue weighted by Crippen LogP contribution is 2.09. The van der Waals surface area contributed by atoms with Gasteiger partial charge in [-0.1, -0.05) is 0 Å². The molecule has 2 N–H and O–H groups in total. The Morgan fingerprint density at radius 3 is 2.71 bits per heavy atom. The average Bonchev–Trinajstić information content (AvgIpc) is 2.73. The predicted molar refractivity (Wildman–Crippen MR) is 60.3 cm³/mol. The average molecular weight is 232 g/mol. The van der Waals surface area contributed by atoms with Crippen molar-refractivity contribution in [2.24, 2.45) is 7.05 Å². The van der Waals surface area contributed by atoms with Gasteiger partial charge in [-0.3, -0.25) is 4.79 Å². The third-order valence-corrected chi connectivity index (χ3v) is 2.34. The number of nitrogens with one attached hydrogen (secondary N) is 1. The standard InChI is InChI=1S/C11H12N4O2/c1-15-7-13-14-10(15)6-12-11(17)8-2-4-9(16)5-3-8/h2-5,7,16H,6H2,1H3,(H,12,17). The Labute approximate surface area is 97.9 Å². The Bertz CT molecular complexity index is 519. The number of rotatable bonds is 3. The molecule has 0 saturated heterocycles. The van der Waals surface area contributed by atoms with Gasteiger partial charge < -0.3 is 15.0 Å². The fourth-order valence-corrected chi connectivity index (χ4v) is 1.34. The molecule has 0 fully saturated rings. The quantitative estimate of drug-likeness (QED) is 0.805. The number of amides is 1. The van der Waals surface area contributed by atoms with Crippen LogP contribution in [0.5, 0.6) is 5.75 Å². The van der Waals surface area contributed by atoms with E-state index in [2.05, 4.69) is 15.5 Å². The van der Waals surface area contributed by atoms with Crippen LogP contribution in [-0.4, -0.2) is 25.8 Å². The Hall–Kier alpha value is -2.37. The summed E-state index contributed by atoms with van der Waals surface area (Å²) in [4.78, 5) is 11.7. The van der Waals surface area contributed by atoms with Crippen molar-refractivity contribution in [1.29, 1.82) is 0 Å². The van der Waals surface area contributed by atoms with E-state index in [1.807, 2.05) is 7.05 Å². The van der Waals surface area contributed by atoms with Crippen LogP contribution in [0.1, 0.15) is 16.2 Å². The number of aromatic hydroxyl groups is 1. The fraction of sp³-hybridized carbons (Fsp3) is 0.182. The molecule has 0 aliphatic carbocycles. The van der Waals surface area contributed by atoms with Gasteiger partial charge in [0, 0.05) is 12.6 Å². The van der Waals surface area contributed by atoms with Crippen LogP contribution in [-0.2, 0) is 13.6 Å². The van der Waals surface area contributed by atoms with E-state index >= 15 is 0 Å². The maximum absolute atomic E-state index is 11.7. The molecule has 1 amide bonds. The summed E-state index contributed by atoms with van der Waals surface area (Å²) in [6.45, 7) is 0.316. The third kappa shape index (κ3) is 2.60. The summed E-state index contributed by atoms with van der Waals surface area (Å²) < 4.78 is 1.73. The smallest absolute Gasteiger partial charge is 0.251 e. The zero-order valence-electron chi connectivity index (χ0n) is 9.29. The first-order chi connectivity index (χ1) is 8.16. The van der Waals surface area contributed by atoms with Crippen LogP contribution in [0.25, 0.3) is 0 Å². The maximum Gasteiger partial charge on any atom is 0.251 e. The molecule has 0 aliphatic heterocycles. The van der Waals surface area contributed by atoms with Crippen LogP contribution in [0.15, 0.2) is 30.6 Å². The Kier molecular flexibility index (Phi) is 3.04. The normalized spacial score (nSPS) is 10.2. The first-order valence-electron chi connectivity index (χ1n) is 5.07. The zero-order valence-corrected chi connectivity index (χ0v) is 9.29. The number of benzene rings is 1. The second kappa shape index (κ2) is 4.65. The molecule has 0 saturated carbocycles. The van der Waals surface area contributed by atoms with E-state index < -0.39 is 0 Å². The van der Waals surface area contributed by atoms with Crippen molar-refractivity contribution in [2.75, 3.05) is 0 Å². The molecular weight excluding hydrogens is 220 g/mol. The van der Waals surface area contributed by atoms with Gasteiger partial charge in [-0.2, -0.15) is 0 Å². The third-order valence-electron chi connectivity index (χ3n) is 2.34. The molecular formula is C11H12N4O2. The molecule has 0 unspecified atom stereocenters. The van der Waals surface area contributed by atoms with Gasteiger partial charge in [0.25, 0.3) is 5.91 Å². The highest BCUT2D eigenvalue weighted by molar-refractivity contribution is 5.94. The number of aromatic nitrogens is 3. The monoisotopic (exact) mass is 232 g/mol. The second-order valence-corrected chi connectivity index (χ2v) is 3.59. The topological polar surface area (TPSA) is 80.0 Å². The highest BCUT2D eigenvalue weighted by atomic mass is 16.3. The maximum atomic E-state index is 11.7. The van der Waals surface area contributed by atoms with Crippen LogP contribution in [0, 0.1) is 0 Å². The van der Waals surface area contributed by atoms with E-state index in [1.165, 1.54) is 12.1 Å². The molecule has 6 nitrogen and oxygen atoms in total. The van der Waals surface area contributed by atoms with E-state index in [9.17, 15) is 4.79 Å². The Morgan fingerprint density at radius 2 is 2.12 bits per heavy atom. The summed E-state index contributed by atoms with van der Waals surface area (Å²) in [5, 5.41) is 19.4. The number of nitrogens with zero attached hydrogens (tertiary/aromatic N) is 3. The number of carbonyl (C=O) groups is 1. The zero-order chi connectivity index (χ0) is 12.3. The van der Waals surface area contributed by atoms with E-state index in [0.717, 1.165) is 0 Å². The van der Waals surface area contributed by atoms with Gasteiger partial charge in [0.2, 0.25) is 0 Å². The number of hydrogen-bond acceptors (Lipinski definition) is 4. The lowest BCUT2D eigenvalue weighted by molar-refractivity contribution is 0.0949. The number of carbonyl (C=O) groups excluding carboxylic acids is 1. The van der Waals surface area contributed by atoms with Gasteiger partial charge in [-0.25, -0.2) is 0 Å². The molecule has 88 valence electrons. The van der Waals surface area contributed by atoms with Crippen molar-refractivity contribution in [3.05, 3.63) is 42.0 Å². The lowest BCUT2D eigenvalue weighted by Crippen LogP contribution is -2.24. The van der Waals surface area contributed by atoms with Crippen molar-refractivity contribution in [3.8, 4) is 5.75 Å². The van der Waals surface area contributed by atoms with Crippen LogP contribution < -0.4 is 5.32 Å². The van der Waals surface area contributed by atoms with Crippen LogP contribution in [0.2, 0.25) is 0 Å². The molecule has 2 rings (SSSR count). The summed E-state index contributed by atoms with van der Waals surface area (Å²) in [6.07, 6.45) is 1.57. The van der Waals surface area contributed by atoms with Crippen molar-refractivity contribution >= 4 is 5.91 Å². The summed E-state index contributed by atoms with van der Waals surface area (Å²) >= 11 is 0. The highest BCUT2D eigenvalue weighted by Gasteiger charge is 2.07. The van der Waals surface area contributed by atoms with Gasteiger partial charge in [0.1, 0.15) is 12.1 Å². The number of phenolic OH excluding ortho intramolecular Hbond substituents is 1. The molecule has 17 heavy (non-hydrogen) atoms. The Balaban J connectivity index is 1.98. The molecule has 1 heterocycles. The number of phenols is 1. The van der Waals surface area contributed by atoms with Crippen LogP contribution in [0.4, 0.5) is 0 Å². The SMILES string of the molecule is Cn1cnnc1CNC(=O)c1ccc(O)cc1. The van der Waals surface area contributed by atoms with Crippen molar-refractivity contribution in [1.82, 2.24) is 20.1 Å². The van der Waals surface area contributed by atoms with Crippen molar-refractivity contribution in [3.63, 3.8) is 0 Å².